The molecule has 0 unspecified atom stereocenters. The van der Waals surface area contributed by atoms with Gasteiger partial charge in [0.05, 0.1) is 0 Å². The zero-order chi connectivity index (χ0) is 17.6. The fourth-order valence-corrected chi connectivity index (χ4v) is 3.15. The van der Waals surface area contributed by atoms with Crippen molar-refractivity contribution < 1.29 is 9.53 Å². The maximum absolute atomic E-state index is 12.6. The Labute approximate surface area is 148 Å². The summed E-state index contributed by atoms with van der Waals surface area (Å²) in [7, 11) is 1.63. The van der Waals surface area contributed by atoms with Gasteiger partial charge < -0.3 is 15.0 Å². The molecule has 1 N–H and O–H groups in total. The highest BCUT2D eigenvalue weighted by Gasteiger charge is 2.24. The summed E-state index contributed by atoms with van der Waals surface area (Å²) in [5, 5.41) is 3.46. The Kier molecular flexibility index (Phi) is 5.60. The van der Waals surface area contributed by atoms with Crippen LogP contribution in [0.2, 0.25) is 0 Å². The van der Waals surface area contributed by atoms with Gasteiger partial charge in [-0.05, 0) is 31.9 Å². The smallest absolute Gasteiger partial charge is 0.253 e. The highest BCUT2D eigenvalue weighted by molar-refractivity contribution is 5.94. The summed E-state index contributed by atoms with van der Waals surface area (Å²) in [4.78, 5) is 23.4. The topological polar surface area (TPSA) is 67.3 Å². The molecule has 0 saturated carbocycles. The minimum absolute atomic E-state index is 0.0889. The van der Waals surface area contributed by atoms with Gasteiger partial charge in [-0.2, -0.15) is 0 Å². The van der Waals surface area contributed by atoms with Crippen molar-refractivity contribution in [1.82, 2.24) is 14.9 Å². The minimum atomic E-state index is 0.0889. The van der Waals surface area contributed by atoms with Crippen molar-refractivity contribution in [3.63, 3.8) is 0 Å². The molecule has 0 radical (unpaired) electrons. The average molecular weight is 340 g/mol. The summed E-state index contributed by atoms with van der Waals surface area (Å²) in [6.07, 6.45) is 1.99. The highest BCUT2D eigenvalue weighted by atomic mass is 16.5. The zero-order valence-electron chi connectivity index (χ0n) is 14.7. The quantitative estimate of drug-likeness (QED) is 0.906. The number of nitrogens with zero attached hydrogens (tertiary/aromatic N) is 3. The van der Waals surface area contributed by atoms with Crippen molar-refractivity contribution >= 4 is 11.7 Å². The Bertz CT molecular complexity index is 721. The molecule has 0 aliphatic carbocycles. The first-order chi connectivity index (χ1) is 12.2. The van der Waals surface area contributed by atoms with Gasteiger partial charge in [0.1, 0.15) is 12.4 Å². The van der Waals surface area contributed by atoms with Crippen LogP contribution in [-0.4, -0.2) is 47.0 Å². The monoisotopic (exact) mass is 340 g/mol. The van der Waals surface area contributed by atoms with E-state index in [1.807, 2.05) is 48.2 Å². The summed E-state index contributed by atoms with van der Waals surface area (Å²) in [6, 6.07) is 11.6. The third kappa shape index (κ3) is 4.54. The second-order valence-electron chi connectivity index (χ2n) is 6.34. The standard InChI is InChI=1S/C19H24N4O2/c1-14-11-17(22-18(20-14)13-25-2)21-16-9-6-10-23(12-16)19(24)15-7-4-3-5-8-15/h3-5,7-8,11,16H,6,9-10,12-13H2,1-2H3,(H,20,21,22)/t16-/m1/s1. The van der Waals surface area contributed by atoms with E-state index in [-0.39, 0.29) is 11.9 Å². The molecule has 1 aliphatic heterocycles. The molecule has 0 spiro atoms. The molecule has 2 aromatic rings. The van der Waals surface area contributed by atoms with E-state index in [2.05, 4.69) is 15.3 Å². The Morgan fingerprint density at radius 3 is 2.88 bits per heavy atom. The van der Waals surface area contributed by atoms with Crippen LogP contribution in [0.4, 0.5) is 5.82 Å². The predicted molar refractivity (Wildman–Crippen MR) is 96.5 cm³/mol. The second kappa shape index (κ2) is 8.07. The van der Waals surface area contributed by atoms with Crippen molar-refractivity contribution in [2.45, 2.75) is 32.4 Å². The number of nitrogens with one attached hydrogen (secondary N) is 1. The molecule has 1 aromatic heterocycles. The lowest BCUT2D eigenvalue weighted by molar-refractivity contribution is 0.0714. The molecule has 1 aromatic carbocycles. The Morgan fingerprint density at radius 1 is 1.32 bits per heavy atom. The van der Waals surface area contributed by atoms with E-state index in [1.165, 1.54) is 0 Å². The third-order valence-corrected chi connectivity index (χ3v) is 4.26. The normalized spacial score (nSPS) is 17.4. The van der Waals surface area contributed by atoms with Crippen LogP contribution in [0.1, 0.15) is 34.7 Å². The summed E-state index contributed by atoms with van der Waals surface area (Å²) >= 11 is 0. The van der Waals surface area contributed by atoms with Crippen LogP contribution in [0.15, 0.2) is 36.4 Å². The van der Waals surface area contributed by atoms with Crippen molar-refractivity contribution in [2.75, 3.05) is 25.5 Å². The van der Waals surface area contributed by atoms with Crippen LogP contribution in [0.5, 0.6) is 0 Å². The number of hydrogen-bond donors (Lipinski definition) is 1. The summed E-state index contributed by atoms with van der Waals surface area (Å²) in [5.74, 6) is 1.54. The van der Waals surface area contributed by atoms with Crippen molar-refractivity contribution in [1.29, 1.82) is 0 Å². The number of rotatable bonds is 5. The van der Waals surface area contributed by atoms with Crippen LogP contribution in [0, 0.1) is 6.92 Å². The van der Waals surface area contributed by atoms with Gasteiger partial charge in [0.25, 0.3) is 5.91 Å². The number of piperidine rings is 1. The molecule has 1 aliphatic rings. The lowest BCUT2D eigenvalue weighted by Crippen LogP contribution is -2.45. The van der Waals surface area contributed by atoms with E-state index >= 15 is 0 Å². The minimum Gasteiger partial charge on any atom is -0.377 e. The first kappa shape index (κ1) is 17.4. The number of ether oxygens (including phenoxy) is 1. The zero-order valence-corrected chi connectivity index (χ0v) is 14.7. The van der Waals surface area contributed by atoms with Crippen LogP contribution < -0.4 is 5.32 Å². The van der Waals surface area contributed by atoms with Gasteiger partial charge in [-0.25, -0.2) is 9.97 Å². The van der Waals surface area contributed by atoms with Gasteiger partial charge in [0.2, 0.25) is 0 Å². The van der Waals surface area contributed by atoms with Crippen LogP contribution in [0.25, 0.3) is 0 Å². The Morgan fingerprint density at radius 2 is 2.12 bits per heavy atom. The van der Waals surface area contributed by atoms with Crippen molar-refractivity contribution in [2.24, 2.45) is 0 Å². The Balaban J connectivity index is 1.67. The molecular formula is C19H24N4O2. The number of carbonyl (C=O) groups excluding carboxylic acids is 1. The number of hydrogen-bond acceptors (Lipinski definition) is 5. The average Bonchev–Trinajstić information content (AvgIpc) is 2.62. The number of anilines is 1. The number of aromatic nitrogens is 2. The lowest BCUT2D eigenvalue weighted by Gasteiger charge is -2.33. The van der Waals surface area contributed by atoms with Crippen LogP contribution in [0.3, 0.4) is 0 Å². The predicted octanol–water partition coefficient (Wildman–Crippen LogP) is 2.65. The maximum atomic E-state index is 12.6. The largest absolute Gasteiger partial charge is 0.377 e. The van der Waals surface area contributed by atoms with Gasteiger partial charge in [0, 0.05) is 43.6 Å². The fraction of sp³-hybridized carbons (Fsp3) is 0.421. The van der Waals surface area contributed by atoms with Crippen molar-refractivity contribution in [3.05, 3.63) is 53.5 Å². The second-order valence-corrected chi connectivity index (χ2v) is 6.34. The van der Waals surface area contributed by atoms with Gasteiger partial charge >= 0.3 is 0 Å². The van der Waals surface area contributed by atoms with E-state index in [0.717, 1.165) is 36.5 Å². The fourth-order valence-electron chi connectivity index (χ4n) is 3.15. The highest BCUT2D eigenvalue weighted by Crippen LogP contribution is 2.18. The van der Waals surface area contributed by atoms with E-state index in [0.29, 0.717) is 19.0 Å². The van der Waals surface area contributed by atoms with Gasteiger partial charge in [-0.3, -0.25) is 4.79 Å². The lowest BCUT2D eigenvalue weighted by atomic mass is 10.0. The number of aryl methyl sites for hydroxylation is 1. The molecule has 25 heavy (non-hydrogen) atoms. The molecule has 1 amide bonds. The third-order valence-electron chi connectivity index (χ3n) is 4.26. The number of methoxy groups -OCH3 is 1. The first-order valence-corrected chi connectivity index (χ1v) is 8.60. The summed E-state index contributed by atoms with van der Waals surface area (Å²) in [6.45, 7) is 3.80. The SMILES string of the molecule is COCc1nc(C)cc(N[C@@H]2CCCN(C(=O)c3ccccc3)C2)n1. The molecule has 1 fully saturated rings. The Hall–Kier alpha value is -2.47. The molecule has 132 valence electrons. The molecule has 2 heterocycles. The number of amides is 1. The van der Waals surface area contributed by atoms with Gasteiger partial charge in [-0.1, -0.05) is 18.2 Å². The molecule has 6 heteroatoms. The van der Waals surface area contributed by atoms with Gasteiger partial charge in [-0.15, -0.1) is 0 Å². The van der Waals surface area contributed by atoms with Crippen LogP contribution in [-0.2, 0) is 11.3 Å². The number of benzene rings is 1. The molecule has 3 rings (SSSR count). The first-order valence-electron chi connectivity index (χ1n) is 8.60. The maximum Gasteiger partial charge on any atom is 0.253 e. The summed E-state index contributed by atoms with van der Waals surface area (Å²) in [5.41, 5.74) is 1.64. The molecule has 1 atom stereocenters. The van der Waals surface area contributed by atoms with E-state index in [4.69, 9.17) is 4.74 Å². The molecular weight excluding hydrogens is 316 g/mol. The van der Waals surface area contributed by atoms with Crippen LogP contribution >= 0.6 is 0 Å². The van der Waals surface area contributed by atoms with Crippen molar-refractivity contribution in [3.8, 4) is 0 Å². The molecule has 6 nitrogen and oxygen atoms in total. The summed E-state index contributed by atoms with van der Waals surface area (Å²) < 4.78 is 5.12. The van der Waals surface area contributed by atoms with E-state index in [1.54, 1.807) is 7.11 Å². The van der Waals surface area contributed by atoms with E-state index in [9.17, 15) is 4.79 Å². The molecule has 1 saturated heterocycles. The number of likely N-dealkylation sites (tertiary alicyclic amines) is 1. The molecule has 0 bridgehead atoms. The van der Waals surface area contributed by atoms with Gasteiger partial charge in [0.15, 0.2) is 5.82 Å². The van der Waals surface area contributed by atoms with E-state index < -0.39 is 0 Å². The number of carbonyl (C=O) groups is 1.